The molecule has 0 bridgehead atoms. The van der Waals surface area contributed by atoms with Gasteiger partial charge in [-0.1, -0.05) is 6.07 Å². The van der Waals surface area contributed by atoms with Gasteiger partial charge in [0.1, 0.15) is 5.75 Å². The normalized spacial score (nSPS) is 19.2. The number of aliphatic hydroxyl groups is 2. The second kappa shape index (κ2) is 5.78. The van der Waals surface area contributed by atoms with E-state index in [-0.39, 0.29) is 22.0 Å². The van der Waals surface area contributed by atoms with Crippen molar-refractivity contribution in [3.8, 4) is 11.5 Å². The number of halogens is 2. The van der Waals surface area contributed by atoms with E-state index in [0.29, 0.717) is 0 Å². The highest BCUT2D eigenvalue weighted by Crippen LogP contribution is 2.39. The average molecular weight is 368 g/mol. The van der Waals surface area contributed by atoms with Crippen LogP contribution in [0.4, 0.5) is 8.78 Å². The van der Waals surface area contributed by atoms with E-state index in [0.717, 1.165) is 6.07 Å². The van der Waals surface area contributed by atoms with Crippen molar-refractivity contribution in [3.63, 3.8) is 0 Å². The summed E-state index contributed by atoms with van der Waals surface area (Å²) in [6.07, 6.45) is -4.08. The van der Waals surface area contributed by atoms with Crippen LogP contribution in [0.25, 0.3) is 10.8 Å². The molecule has 0 atom stereocenters. The minimum absolute atomic E-state index is 0.00794. The first kappa shape index (κ1) is 18.8. The Hall–Kier alpha value is -1.94. The number of phenols is 1. The number of rotatable bonds is 3. The van der Waals surface area contributed by atoms with Crippen molar-refractivity contribution in [1.29, 1.82) is 0 Å². The minimum atomic E-state index is -4.08. The predicted octanol–water partition coefficient (Wildman–Crippen LogP) is 1.93. The van der Waals surface area contributed by atoms with Gasteiger partial charge in [-0.2, -0.15) is 0 Å². The molecule has 3 rings (SSSR count). The van der Waals surface area contributed by atoms with Gasteiger partial charge in [0.25, 0.3) is 0 Å². The van der Waals surface area contributed by atoms with Gasteiger partial charge in [0.15, 0.2) is 11.6 Å². The summed E-state index contributed by atoms with van der Waals surface area (Å²) in [6, 6.07) is 4.86. The summed E-state index contributed by atoms with van der Waals surface area (Å²) in [5, 5.41) is 28.1. The van der Waals surface area contributed by atoms with Crippen molar-refractivity contribution in [2.75, 3.05) is 0 Å². The fourth-order valence-electron chi connectivity index (χ4n) is 2.81. The van der Waals surface area contributed by atoms with Crippen molar-refractivity contribution < 1.29 is 38.1 Å². The van der Waals surface area contributed by atoms with Crippen LogP contribution in [0, 0.1) is 5.82 Å². The molecule has 0 aliphatic carbocycles. The van der Waals surface area contributed by atoms with Crippen molar-refractivity contribution in [1.82, 2.24) is 0 Å². The monoisotopic (exact) mass is 368 g/mol. The standard InChI is InChI=1S/C17H19BF2O6/c1-15(2)16(3,4)26-18(25-15)11-8-10(21)7-9-5-6-12(19)14(13(9)11)24-17(20,22)23/h5-8,21-23H,1-4H3. The molecule has 0 radical (unpaired) electrons. The zero-order chi connectivity index (χ0) is 19.5. The molecular formula is C17H19BF2O6. The Bertz CT molecular complexity index is 846. The molecule has 0 aromatic heterocycles. The van der Waals surface area contributed by atoms with Crippen LogP contribution in [0.5, 0.6) is 11.5 Å². The van der Waals surface area contributed by atoms with Crippen molar-refractivity contribution in [2.24, 2.45) is 0 Å². The lowest BCUT2D eigenvalue weighted by Gasteiger charge is -2.32. The molecular weight excluding hydrogens is 349 g/mol. The highest BCUT2D eigenvalue weighted by Gasteiger charge is 2.52. The van der Waals surface area contributed by atoms with Crippen LogP contribution in [-0.2, 0) is 9.31 Å². The van der Waals surface area contributed by atoms with Crippen LogP contribution in [0.15, 0.2) is 24.3 Å². The lowest BCUT2D eigenvalue weighted by Crippen LogP contribution is -2.41. The smallest absolute Gasteiger partial charge is 0.495 e. The Morgan fingerprint density at radius 1 is 1.08 bits per heavy atom. The average Bonchev–Trinajstić information content (AvgIpc) is 2.68. The Labute approximate surface area is 149 Å². The van der Waals surface area contributed by atoms with E-state index in [9.17, 15) is 13.9 Å². The van der Waals surface area contributed by atoms with Gasteiger partial charge in [-0.25, -0.2) is 4.39 Å². The predicted molar refractivity (Wildman–Crippen MR) is 90.2 cm³/mol. The van der Waals surface area contributed by atoms with Crippen LogP contribution in [0.3, 0.4) is 0 Å². The van der Waals surface area contributed by atoms with Crippen LogP contribution < -0.4 is 10.2 Å². The van der Waals surface area contributed by atoms with Crippen LogP contribution >= 0.6 is 0 Å². The van der Waals surface area contributed by atoms with Gasteiger partial charge in [-0.05, 0) is 56.7 Å². The molecule has 1 aliphatic rings. The van der Waals surface area contributed by atoms with Gasteiger partial charge in [-0.15, -0.1) is 4.39 Å². The van der Waals surface area contributed by atoms with Crippen molar-refractivity contribution in [2.45, 2.75) is 45.1 Å². The Morgan fingerprint density at radius 3 is 2.19 bits per heavy atom. The maximum Gasteiger partial charge on any atom is 0.495 e. The fraction of sp³-hybridized carbons (Fsp3) is 0.412. The van der Waals surface area contributed by atoms with Gasteiger partial charge in [-0.3, -0.25) is 0 Å². The maximum atomic E-state index is 14.3. The van der Waals surface area contributed by atoms with E-state index in [4.69, 9.17) is 19.5 Å². The number of aromatic hydroxyl groups is 1. The molecule has 0 spiro atoms. The largest absolute Gasteiger partial charge is 0.508 e. The molecule has 9 heteroatoms. The van der Waals surface area contributed by atoms with Crippen LogP contribution in [0.2, 0.25) is 0 Å². The topological polar surface area (TPSA) is 88.4 Å². The lowest BCUT2D eigenvalue weighted by atomic mass is 9.75. The molecule has 2 aromatic carbocycles. The van der Waals surface area contributed by atoms with E-state index in [2.05, 4.69) is 4.74 Å². The highest BCUT2D eigenvalue weighted by atomic mass is 19.2. The first-order chi connectivity index (χ1) is 11.8. The van der Waals surface area contributed by atoms with Gasteiger partial charge in [0.2, 0.25) is 0 Å². The number of alkyl halides is 1. The van der Waals surface area contributed by atoms with E-state index in [1.165, 1.54) is 18.2 Å². The van der Waals surface area contributed by atoms with Gasteiger partial charge in [0, 0.05) is 5.39 Å². The lowest BCUT2D eigenvalue weighted by molar-refractivity contribution is -0.375. The minimum Gasteiger partial charge on any atom is -0.508 e. The molecule has 6 nitrogen and oxygen atoms in total. The molecule has 26 heavy (non-hydrogen) atoms. The quantitative estimate of drug-likeness (QED) is 0.567. The van der Waals surface area contributed by atoms with E-state index < -0.39 is 36.1 Å². The zero-order valence-electron chi connectivity index (χ0n) is 14.7. The molecule has 140 valence electrons. The van der Waals surface area contributed by atoms with Gasteiger partial charge < -0.3 is 29.4 Å². The summed E-state index contributed by atoms with van der Waals surface area (Å²) in [6.45, 7) is 7.24. The summed E-state index contributed by atoms with van der Waals surface area (Å²) in [5.74, 6) is -1.91. The summed E-state index contributed by atoms with van der Waals surface area (Å²) in [7, 11) is -1.02. The van der Waals surface area contributed by atoms with E-state index >= 15 is 0 Å². The van der Waals surface area contributed by atoms with Gasteiger partial charge in [0.05, 0.1) is 11.2 Å². The molecule has 1 aliphatic heterocycles. The van der Waals surface area contributed by atoms with E-state index in [1.54, 1.807) is 0 Å². The molecule has 0 amide bonds. The number of hydrogen-bond acceptors (Lipinski definition) is 6. The number of phenolic OH excluding ortho intramolecular Hbond substituents is 1. The Balaban J connectivity index is 2.24. The maximum absolute atomic E-state index is 14.3. The zero-order valence-corrected chi connectivity index (χ0v) is 14.7. The Morgan fingerprint density at radius 2 is 1.65 bits per heavy atom. The van der Waals surface area contributed by atoms with Crippen LogP contribution in [0.1, 0.15) is 27.7 Å². The van der Waals surface area contributed by atoms with E-state index in [1.807, 2.05) is 27.7 Å². The second-order valence-corrected chi connectivity index (χ2v) is 7.23. The number of fused-ring (bicyclic) bond motifs is 1. The first-order valence-electron chi connectivity index (χ1n) is 7.94. The van der Waals surface area contributed by atoms with Crippen molar-refractivity contribution >= 4 is 23.4 Å². The van der Waals surface area contributed by atoms with Crippen molar-refractivity contribution in [3.05, 3.63) is 30.1 Å². The second-order valence-electron chi connectivity index (χ2n) is 7.23. The molecule has 2 aromatic rings. The molecule has 3 N–H and O–H groups in total. The summed E-state index contributed by atoms with van der Waals surface area (Å²) < 4.78 is 43.7. The molecule has 1 saturated heterocycles. The number of hydrogen-bond donors (Lipinski definition) is 3. The molecule has 0 saturated carbocycles. The summed E-state index contributed by atoms with van der Waals surface area (Å²) in [4.78, 5) is 0. The highest BCUT2D eigenvalue weighted by molar-refractivity contribution is 6.65. The third-order valence-electron chi connectivity index (χ3n) is 4.78. The number of ether oxygens (including phenoxy) is 1. The molecule has 1 heterocycles. The summed E-state index contributed by atoms with van der Waals surface area (Å²) in [5.41, 5.74) is -1.28. The van der Waals surface area contributed by atoms with Crippen LogP contribution in [-0.4, -0.2) is 39.9 Å². The SMILES string of the molecule is CC1(C)OB(c2cc(O)cc3ccc(F)c(OC(O)(O)F)c23)OC1(C)C. The Kier molecular flexibility index (Phi) is 4.19. The van der Waals surface area contributed by atoms with Gasteiger partial charge >= 0.3 is 13.3 Å². The molecule has 0 unspecified atom stereocenters. The third-order valence-corrected chi connectivity index (χ3v) is 4.78. The molecule has 1 fully saturated rings. The number of benzene rings is 2. The summed E-state index contributed by atoms with van der Waals surface area (Å²) >= 11 is 0. The first-order valence-corrected chi connectivity index (χ1v) is 7.94. The third kappa shape index (κ3) is 3.23. The fourth-order valence-corrected chi connectivity index (χ4v) is 2.81.